The number of nitrogens with zero attached hydrogens (tertiary/aromatic N) is 4. The molecule has 1 aliphatic rings. The van der Waals surface area contributed by atoms with E-state index in [-0.39, 0.29) is 42.3 Å². The molecule has 2 aromatic carbocycles. The van der Waals surface area contributed by atoms with Gasteiger partial charge in [0.1, 0.15) is 29.5 Å². The van der Waals surface area contributed by atoms with Gasteiger partial charge < -0.3 is 9.64 Å². The number of piperidine rings is 1. The number of hydrogen-bond donors (Lipinski definition) is 0. The van der Waals surface area contributed by atoms with Gasteiger partial charge in [0.2, 0.25) is 5.91 Å². The van der Waals surface area contributed by atoms with Crippen molar-refractivity contribution in [3.05, 3.63) is 78.0 Å². The Morgan fingerprint density at radius 3 is 2.00 bits per heavy atom. The predicted molar refractivity (Wildman–Crippen MR) is 138 cm³/mol. The third kappa shape index (κ3) is 5.57. The molecule has 1 amide bonds. The second kappa shape index (κ2) is 11.1. The number of hydrogen-bond acceptors (Lipinski definition) is 6. The number of halogens is 2. The first kappa shape index (κ1) is 25.5. The summed E-state index contributed by atoms with van der Waals surface area (Å²) < 4.78 is 32.1. The minimum Gasteiger partial charge on any atom is -0.375 e. The molecule has 9 heteroatoms. The van der Waals surface area contributed by atoms with E-state index in [0.29, 0.717) is 65.3 Å². The summed E-state index contributed by atoms with van der Waals surface area (Å²) in [5.41, 5.74) is 3.76. The van der Waals surface area contributed by atoms with Gasteiger partial charge in [-0.25, -0.2) is 23.7 Å². The van der Waals surface area contributed by atoms with Crippen LogP contribution >= 0.6 is 0 Å². The lowest BCUT2D eigenvalue weighted by molar-refractivity contribution is -0.138. The standard InChI is InChI=1S/C29H26F2N4O3/c1-38-17-26(37)35-14-12-18(13-15-35)25(36)16-23-10-11-24-29(32-23)34-28(20-4-8-22(31)9-5-20)27(33-24)19-2-6-21(30)7-3-19/h2-11,18H,12-17H2,1H3. The summed E-state index contributed by atoms with van der Waals surface area (Å²) in [7, 11) is 1.49. The lowest BCUT2D eigenvalue weighted by atomic mass is 9.90. The van der Waals surface area contributed by atoms with Crippen molar-refractivity contribution in [1.29, 1.82) is 0 Å². The van der Waals surface area contributed by atoms with Crippen molar-refractivity contribution in [2.24, 2.45) is 5.92 Å². The molecule has 0 unspecified atom stereocenters. The molecule has 2 aromatic heterocycles. The van der Waals surface area contributed by atoms with Crippen molar-refractivity contribution in [2.45, 2.75) is 19.3 Å². The highest BCUT2D eigenvalue weighted by Crippen LogP contribution is 2.31. The van der Waals surface area contributed by atoms with Crippen LogP contribution < -0.4 is 0 Å². The molecule has 0 spiro atoms. The lowest BCUT2D eigenvalue weighted by Crippen LogP contribution is -2.42. The topological polar surface area (TPSA) is 85.3 Å². The molecule has 194 valence electrons. The molecule has 7 nitrogen and oxygen atoms in total. The quantitative estimate of drug-likeness (QED) is 0.356. The van der Waals surface area contributed by atoms with Gasteiger partial charge in [-0.3, -0.25) is 9.59 Å². The summed E-state index contributed by atoms with van der Waals surface area (Å²) in [6, 6.07) is 15.4. The Hall–Kier alpha value is -4.11. The van der Waals surface area contributed by atoms with E-state index in [9.17, 15) is 18.4 Å². The number of ether oxygens (including phenoxy) is 1. The molecule has 4 aromatic rings. The number of ketones is 1. The van der Waals surface area contributed by atoms with E-state index in [1.807, 2.05) is 0 Å². The van der Waals surface area contributed by atoms with Crippen LogP contribution in [0, 0.1) is 17.6 Å². The minimum absolute atomic E-state index is 0.0451. The van der Waals surface area contributed by atoms with Crippen LogP contribution in [0.1, 0.15) is 18.5 Å². The van der Waals surface area contributed by atoms with Gasteiger partial charge >= 0.3 is 0 Å². The third-order valence-electron chi connectivity index (χ3n) is 6.75. The Kier molecular flexibility index (Phi) is 7.46. The van der Waals surface area contributed by atoms with E-state index < -0.39 is 0 Å². The van der Waals surface area contributed by atoms with Crippen LogP contribution in [0.4, 0.5) is 8.78 Å². The number of benzene rings is 2. The number of likely N-dealkylation sites (tertiary alicyclic amines) is 1. The van der Waals surface area contributed by atoms with E-state index in [1.54, 1.807) is 41.3 Å². The van der Waals surface area contributed by atoms with Crippen LogP contribution in [0.3, 0.4) is 0 Å². The Bertz CT molecular complexity index is 1470. The summed E-state index contributed by atoms with van der Waals surface area (Å²) in [6.45, 7) is 1.11. The smallest absolute Gasteiger partial charge is 0.248 e. The summed E-state index contributed by atoms with van der Waals surface area (Å²) in [6.07, 6.45) is 1.37. The third-order valence-corrected chi connectivity index (χ3v) is 6.75. The maximum atomic E-state index is 13.6. The monoisotopic (exact) mass is 516 g/mol. The Morgan fingerprint density at radius 1 is 0.842 bits per heavy atom. The van der Waals surface area contributed by atoms with Crippen molar-refractivity contribution >= 4 is 22.9 Å². The zero-order valence-electron chi connectivity index (χ0n) is 20.9. The maximum Gasteiger partial charge on any atom is 0.248 e. The fourth-order valence-electron chi connectivity index (χ4n) is 4.69. The van der Waals surface area contributed by atoms with Gasteiger partial charge in [-0.15, -0.1) is 0 Å². The van der Waals surface area contributed by atoms with Gasteiger partial charge in [-0.2, -0.15) is 0 Å². The fourth-order valence-corrected chi connectivity index (χ4v) is 4.69. The number of carbonyl (C=O) groups is 2. The molecule has 38 heavy (non-hydrogen) atoms. The zero-order chi connectivity index (χ0) is 26.6. The molecule has 1 aliphatic heterocycles. The van der Waals surface area contributed by atoms with Crippen LogP contribution in [-0.4, -0.2) is 58.3 Å². The van der Waals surface area contributed by atoms with E-state index in [1.165, 1.54) is 31.4 Å². The molecular formula is C29H26F2N4O3. The van der Waals surface area contributed by atoms with Gasteiger partial charge in [0.15, 0.2) is 5.65 Å². The molecular weight excluding hydrogens is 490 g/mol. The van der Waals surface area contributed by atoms with Gasteiger partial charge in [0, 0.05) is 43.7 Å². The van der Waals surface area contributed by atoms with Crippen molar-refractivity contribution in [2.75, 3.05) is 26.8 Å². The predicted octanol–water partition coefficient (Wildman–Crippen LogP) is 4.63. The highest BCUT2D eigenvalue weighted by atomic mass is 19.1. The molecule has 1 saturated heterocycles. The largest absolute Gasteiger partial charge is 0.375 e. The number of carbonyl (C=O) groups excluding carboxylic acids is 2. The molecule has 0 atom stereocenters. The molecule has 1 fully saturated rings. The number of amides is 1. The van der Waals surface area contributed by atoms with Crippen LogP contribution in [0.15, 0.2) is 60.7 Å². The van der Waals surface area contributed by atoms with Gasteiger partial charge in [0.05, 0.1) is 17.1 Å². The summed E-state index contributed by atoms with van der Waals surface area (Å²) in [4.78, 5) is 40.9. The average molecular weight is 517 g/mol. The molecule has 0 bridgehead atoms. The first-order valence-electron chi connectivity index (χ1n) is 12.4. The number of rotatable bonds is 7. The van der Waals surface area contributed by atoms with E-state index in [2.05, 4.69) is 4.98 Å². The molecule has 0 radical (unpaired) electrons. The van der Waals surface area contributed by atoms with Gasteiger partial charge in [-0.1, -0.05) is 0 Å². The van der Waals surface area contributed by atoms with E-state index in [0.717, 1.165) is 0 Å². The Morgan fingerprint density at radius 2 is 1.42 bits per heavy atom. The second-order valence-corrected chi connectivity index (χ2v) is 9.31. The SMILES string of the molecule is COCC(=O)N1CCC(C(=O)Cc2ccc3nc(-c4ccc(F)cc4)c(-c4ccc(F)cc4)nc3n2)CC1. The van der Waals surface area contributed by atoms with Crippen LogP contribution in [0.5, 0.6) is 0 Å². The second-order valence-electron chi connectivity index (χ2n) is 9.31. The number of aromatic nitrogens is 3. The molecule has 0 aliphatic carbocycles. The lowest BCUT2D eigenvalue weighted by Gasteiger charge is -2.31. The van der Waals surface area contributed by atoms with Crippen LogP contribution in [-0.2, 0) is 20.7 Å². The highest BCUT2D eigenvalue weighted by molar-refractivity contribution is 5.86. The number of Topliss-reactive ketones (excluding diaryl/α,β-unsaturated/α-hetero) is 1. The normalized spacial score (nSPS) is 14.1. The first-order chi connectivity index (χ1) is 18.4. The van der Waals surface area contributed by atoms with Gasteiger partial charge in [0.25, 0.3) is 0 Å². The maximum absolute atomic E-state index is 13.6. The van der Waals surface area contributed by atoms with Crippen molar-refractivity contribution < 1.29 is 23.1 Å². The Balaban J connectivity index is 1.41. The molecule has 0 N–H and O–H groups in total. The zero-order valence-corrected chi connectivity index (χ0v) is 20.9. The molecule has 0 saturated carbocycles. The summed E-state index contributed by atoms with van der Waals surface area (Å²) >= 11 is 0. The number of fused-ring (bicyclic) bond motifs is 1. The van der Waals surface area contributed by atoms with E-state index >= 15 is 0 Å². The first-order valence-corrected chi connectivity index (χ1v) is 12.4. The highest BCUT2D eigenvalue weighted by Gasteiger charge is 2.27. The number of pyridine rings is 1. The van der Waals surface area contributed by atoms with Crippen molar-refractivity contribution in [1.82, 2.24) is 19.9 Å². The van der Waals surface area contributed by atoms with E-state index in [4.69, 9.17) is 14.7 Å². The minimum atomic E-state index is -0.376. The van der Waals surface area contributed by atoms with Crippen molar-refractivity contribution in [3.63, 3.8) is 0 Å². The molecule has 3 heterocycles. The van der Waals surface area contributed by atoms with Gasteiger partial charge in [-0.05, 0) is 73.5 Å². The average Bonchev–Trinajstić information content (AvgIpc) is 2.93. The van der Waals surface area contributed by atoms with Crippen molar-refractivity contribution in [3.8, 4) is 22.5 Å². The van der Waals surface area contributed by atoms with Crippen LogP contribution in [0.25, 0.3) is 33.7 Å². The molecule has 5 rings (SSSR count). The number of methoxy groups -OCH3 is 1. The Labute approximate surface area is 218 Å². The summed E-state index contributed by atoms with van der Waals surface area (Å²) in [5.74, 6) is -0.871. The fraction of sp³-hybridized carbons (Fsp3) is 0.276. The summed E-state index contributed by atoms with van der Waals surface area (Å²) in [5, 5.41) is 0. The van der Waals surface area contributed by atoms with Crippen LogP contribution in [0.2, 0.25) is 0 Å².